The number of hydrogen-bond acceptors (Lipinski definition) is 6. The summed E-state index contributed by atoms with van der Waals surface area (Å²) in [7, 11) is 0. The molecule has 0 unspecified atom stereocenters. The maximum absolute atomic E-state index is 15.1. The molecule has 37 heavy (non-hydrogen) atoms. The Morgan fingerprint density at radius 1 is 1.11 bits per heavy atom. The average molecular weight is 502 g/mol. The Morgan fingerprint density at radius 2 is 1.86 bits per heavy atom. The van der Waals surface area contributed by atoms with Crippen molar-refractivity contribution in [1.29, 1.82) is 5.26 Å². The monoisotopic (exact) mass is 501 g/mol. The normalized spacial score (nSPS) is 20.1. The number of pyridine rings is 1. The van der Waals surface area contributed by atoms with E-state index in [0.29, 0.717) is 23.3 Å². The fourth-order valence-electron chi connectivity index (χ4n) is 5.24. The highest BCUT2D eigenvalue weighted by Gasteiger charge is 2.28. The highest BCUT2D eigenvalue weighted by atomic mass is 19.1. The first-order chi connectivity index (χ1) is 17.7. The lowest BCUT2D eigenvalue weighted by atomic mass is 9.76. The van der Waals surface area contributed by atoms with Gasteiger partial charge >= 0.3 is 0 Å². The fraction of sp³-hybridized carbons (Fsp3) is 0.357. The van der Waals surface area contributed by atoms with Crippen LogP contribution in [0.5, 0.6) is 0 Å². The average Bonchev–Trinajstić information content (AvgIpc) is 3.25. The van der Waals surface area contributed by atoms with Crippen LogP contribution in [0.25, 0.3) is 16.8 Å². The van der Waals surface area contributed by atoms with Crippen molar-refractivity contribution in [1.82, 2.24) is 19.6 Å². The zero-order valence-corrected chi connectivity index (χ0v) is 21.0. The van der Waals surface area contributed by atoms with E-state index in [2.05, 4.69) is 33.4 Å². The van der Waals surface area contributed by atoms with Crippen molar-refractivity contribution >= 4 is 17.2 Å². The number of hydrogen-bond donors (Lipinski definition) is 2. The Hall–Kier alpha value is -3.90. The van der Waals surface area contributed by atoms with Gasteiger partial charge in [-0.25, -0.2) is 13.8 Å². The van der Waals surface area contributed by atoms with Gasteiger partial charge in [-0.3, -0.25) is 4.98 Å². The Kier molecular flexibility index (Phi) is 6.38. The van der Waals surface area contributed by atoms with E-state index in [0.717, 1.165) is 30.5 Å². The van der Waals surface area contributed by atoms with E-state index in [1.807, 2.05) is 6.07 Å². The summed E-state index contributed by atoms with van der Waals surface area (Å²) in [6.07, 6.45) is 8.11. The molecule has 4 aromatic rings. The molecule has 3 aromatic heterocycles. The van der Waals surface area contributed by atoms with Crippen LogP contribution in [0, 0.1) is 28.9 Å². The molecule has 3 N–H and O–H groups in total. The van der Waals surface area contributed by atoms with Gasteiger partial charge in [0.15, 0.2) is 0 Å². The van der Waals surface area contributed by atoms with Crippen LogP contribution < -0.4 is 11.1 Å². The van der Waals surface area contributed by atoms with Gasteiger partial charge in [0.2, 0.25) is 5.95 Å². The molecule has 5 rings (SSSR count). The van der Waals surface area contributed by atoms with Crippen LogP contribution in [0.15, 0.2) is 48.9 Å². The molecular formula is C28H29F2N7. The number of nitriles is 1. The van der Waals surface area contributed by atoms with Crippen LogP contribution >= 0.6 is 0 Å². The minimum Gasteiger partial charge on any atom is -0.328 e. The van der Waals surface area contributed by atoms with E-state index in [1.165, 1.54) is 16.6 Å². The second kappa shape index (κ2) is 9.52. The molecule has 1 aliphatic carbocycles. The van der Waals surface area contributed by atoms with Crippen molar-refractivity contribution < 1.29 is 8.78 Å². The summed E-state index contributed by atoms with van der Waals surface area (Å²) in [4.78, 5) is 8.75. The van der Waals surface area contributed by atoms with Crippen molar-refractivity contribution in [2.75, 3.05) is 5.32 Å². The Bertz CT molecular complexity index is 1470. The standard InChI is InChI=1S/C28H29F2N7/c1-16-8-17(10-19(32)9-16)21-6-7-33-14-25(21)35-27-34-13-20-4-5-24(36-37(20)27)26-22(29)11-18(12-23(26)30)28(2,3)15-31/h4-7,11-14,16-17,19H,8-10,32H2,1-3H3,(H,34,35)/t16-,17+,19-/m0/s1. The van der Waals surface area contributed by atoms with E-state index in [-0.39, 0.29) is 22.9 Å². The number of nitrogens with zero attached hydrogens (tertiary/aromatic N) is 5. The number of imidazole rings is 1. The fourth-order valence-corrected chi connectivity index (χ4v) is 5.24. The molecule has 190 valence electrons. The summed E-state index contributed by atoms with van der Waals surface area (Å²) in [5, 5.41) is 17.2. The van der Waals surface area contributed by atoms with E-state index in [1.54, 1.807) is 44.6 Å². The summed E-state index contributed by atoms with van der Waals surface area (Å²) in [5.74, 6) is -0.337. The third kappa shape index (κ3) is 4.77. The minimum absolute atomic E-state index is 0.114. The molecule has 0 amide bonds. The number of nitrogens with one attached hydrogen (secondary N) is 1. The predicted octanol–water partition coefficient (Wildman–Crippen LogP) is 5.85. The molecule has 9 heteroatoms. The van der Waals surface area contributed by atoms with Gasteiger partial charge in [-0.1, -0.05) is 6.92 Å². The predicted molar refractivity (Wildman–Crippen MR) is 138 cm³/mol. The number of anilines is 2. The third-order valence-electron chi connectivity index (χ3n) is 7.20. The topological polar surface area (TPSA) is 105 Å². The van der Waals surface area contributed by atoms with Crippen LogP contribution in [-0.2, 0) is 5.41 Å². The Morgan fingerprint density at radius 3 is 2.57 bits per heavy atom. The lowest BCUT2D eigenvalue weighted by molar-refractivity contribution is 0.308. The van der Waals surface area contributed by atoms with E-state index < -0.39 is 17.0 Å². The maximum Gasteiger partial charge on any atom is 0.229 e. The van der Waals surface area contributed by atoms with Crippen LogP contribution in [0.3, 0.4) is 0 Å². The minimum atomic E-state index is -1.03. The van der Waals surface area contributed by atoms with Gasteiger partial charge in [0.25, 0.3) is 0 Å². The molecule has 7 nitrogen and oxygen atoms in total. The Labute approximate surface area is 214 Å². The lowest BCUT2D eigenvalue weighted by Gasteiger charge is -2.32. The summed E-state index contributed by atoms with van der Waals surface area (Å²) < 4.78 is 31.7. The Balaban J connectivity index is 1.51. The second-order valence-electron chi connectivity index (χ2n) is 10.5. The molecule has 3 atom stereocenters. The summed E-state index contributed by atoms with van der Waals surface area (Å²) >= 11 is 0. The van der Waals surface area contributed by atoms with Crippen LogP contribution in [0.1, 0.15) is 57.1 Å². The number of fused-ring (bicyclic) bond motifs is 1. The molecule has 1 aliphatic rings. The number of benzene rings is 1. The van der Waals surface area contributed by atoms with Crippen molar-refractivity contribution in [2.45, 2.75) is 57.4 Å². The number of rotatable bonds is 5. The van der Waals surface area contributed by atoms with E-state index in [4.69, 9.17) is 5.73 Å². The molecular weight excluding hydrogens is 472 g/mol. The van der Waals surface area contributed by atoms with Crippen molar-refractivity contribution in [2.24, 2.45) is 11.7 Å². The molecule has 0 bridgehead atoms. The SMILES string of the molecule is C[C@@H]1C[C@H](N)C[C@H](c2ccncc2Nc2ncc3ccc(-c4c(F)cc(C(C)(C)C#N)cc4F)nn23)C1. The first kappa shape index (κ1) is 24.8. The lowest BCUT2D eigenvalue weighted by Crippen LogP contribution is -2.31. The summed E-state index contributed by atoms with van der Waals surface area (Å²) in [6, 6.07) is 9.87. The highest BCUT2D eigenvalue weighted by molar-refractivity contribution is 5.66. The van der Waals surface area contributed by atoms with Gasteiger partial charge in [-0.05, 0) is 86.4 Å². The molecule has 0 radical (unpaired) electrons. The quantitative estimate of drug-likeness (QED) is 0.356. The summed E-state index contributed by atoms with van der Waals surface area (Å²) in [6.45, 7) is 5.45. The molecule has 0 saturated heterocycles. The zero-order chi connectivity index (χ0) is 26.3. The number of nitrogens with two attached hydrogens (primary N) is 1. The molecule has 0 spiro atoms. The highest BCUT2D eigenvalue weighted by Crippen LogP contribution is 2.39. The smallest absolute Gasteiger partial charge is 0.229 e. The first-order valence-electron chi connectivity index (χ1n) is 12.4. The largest absolute Gasteiger partial charge is 0.328 e. The van der Waals surface area contributed by atoms with Gasteiger partial charge in [0.05, 0.1) is 46.3 Å². The van der Waals surface area contributed by atoms with E-state index >= 15 is 8.78 Å². The zero-order valence-electron chi connectivity index (χ0n) is 21.0. The van der Waals surface area contributed by atoms with Crippen molar-refractivity contribution in [3.63, 3.8) is 0 Å². The van der Waals surface area contributed by atoms with Crippen LogP contribution in [-0.4, -0.2) is 25.6 Å². The molecule has 0 aliphatic heterocycles. The molecule has 1 aromatic carbocycles. The molecule has 3 heterocycles. The van der Waals surface area contributed by atoms with Crippen LogP contribution in [0.4, 0.5) is 20.4 Å². The van der Waals surface area contributed by atoms with E-state index in [9.17, 15) is 5.26 Å². The van der Waals surface area contributed by atoms with Crippen LogP contribution in [0.2, 0.25) is 0 Å². The van der Waals surface area contributed by atoms with Crippen molar-refractivity contribution in [3.8, 4) is 17.3 Å². The summed E-state index contributed by atoms with van der Waals surface area (Å²) in [5.41, 5.74) is 7.97. The number of halogens is 2. The van der Waals surface area contributed by atoms with Gasteiger partial charge < -0.3 is 11.1 Å². The van der Waals surface area contributed by atoms with Gasteiger partial charge in [0.1, 0.15) is 11.6 Å². The van der Waals surface area contributed by atoms with Gasteiger partial charge in [-0.15, -0.1) is 0 Å². The molecule has 1 saturated carbocycles. The first-order valence-corrected chi connectivity index (χ1v) is 12.4. The third-order valence-corrected chi connectivity index (χ3v) is 7.20. The van der Waals surface area contributed by atoms with Crippen molar-refractivity contribution in [3.05, 3.63) is 71.7 Å². The second-order valence-corrected chi connectivity index (χ2v) is 10.5. The van der Waals surface area contributed by atoms with Gasteiger partial charge in [-0.2, -0.15) is 14.9 Å². The maximum atomic E-state index is 15.1. The molecule has 1 fully saturated rings. The number of aromatic nitrogens is 4. The van der Waals surface area contributed by atoms with Gasteiger partial charge in [0, 0.05) is 12.2 Å².